The first-order valence-electron chi connectivity index (χ1n) is 18.3. The molecule has 1 aliphatic rings. The number of benzene rings is 2. The number of halogens is 3. The molecule has 0 aliphatic carbocycles. The van der Waals surface area contributed by atoms with Crippen LogP contribution >= 0.6 is 0 Å². The molecule has 0 saturated carbocycles. The van der Waals surface area contributed by atoms with E-state index < -0.39 is 30.2 Å². The van der Waals surface area contributed by atoms with E-state index in [1.807, 2.05) is 10.7 Å². The van der Waals surface area contributed by atoms with Gasteiger partial charge in [0.15, 0.2) is 0 Å². The second-order valence-electron chi connectivity index (χ2n) is 13.6. The van der Waals surface area contributed by atoms with Crippen LogP contribution in [0.25, 0.3) is 33.3 Å². The molecule has 0 radical (unpaired) electrons. The van der Waals surface area contributed by atoms with Crippen molar-refractivity contribution in [2.24, 2.45) is 0 Å². The molecule has 3 aromatic heterocycles. The van der Waals surface area contributed by atoms with Crippen LogP contribution in [0, 0.1) is 0 Å². The minimum Gasteiger partial charge on any atom is -0.481 e. The number of urea groups is 1. The van der Waals surface area contributed by atoms with Crippen LogP contribution in [0.1, 0.15) is 49.7 Å². The molecule has 1 aliphatic heterocycles. The second kappa shape index (κ2) is 17.9. The number of anilines is 1. The summed E-state index contributed by atoms with van der Waals surface area (Å²) in [6.07, 6.45) is 3.02. The first kappa shape index (κ1) is 40.1. The van der Waals surface area contributed by atoms with Crippen molar-refractivity contribution in [1.82, 2.24) is 40.1 Å². The lowest BCUT2D eigenvalue weighted by molar-refractivity contribution is -0.143. The van der Waals surface area contributed by atoms with Gasteiger partial charge in [0.05, 0.1) is 35.9 Å². The number of nitrogens with one attached hydrogen (secondary N) is 3. The molecule has 18 heteroatoms. The summed E-state index contributed by atoms with van der Waals surface area (Å²) in [5, 5.41) is 25.8. The Balaban J connectivity index is 1.06. The molecule has 57 heavy (non-hydrogen) atoms. The minimum atomic E-state index is -4.70. The second-order valence-corrected chi connectivity index (χ2v) is 13.6. The predicted molar refractivity (Wildman–Crippen MR) is 203 cm³/mol. The summed E-state index contributed by atoms with van der Waals surface area (Å²) in [7, 11) is 0. The van der Waals surface area contributed by atoms with Crippen molar-refractivity contribution in [3.63, 3.8) is 0 Å². The molecule has 0 fully saturated rings. The number of nitrogens with zero attached hydrogens (tertiary/aromatic N) is 6. The lowest BCUT2D eigenvalue weighted by Gasteiger charge is -2.17. The number of carboxylic acids is 1. The Morgan fingerprint density at radius 2 is 1.56 bits per heavy atom. The van der Waals surface area contributed by atoms with Crippen LogP contribution in [-0.2, 0) is 40.6 Å². The number of carboxylic acid groups (broad SMARTS) is 1. The number of carbonyl (C=O) groups is 4. The number of amides is 4. The number of hydrogen-bond donors (Lipinski definition) is 4. The zero-order chi connectivity index (χ0) is 40.5. The van der Waals surface area contributed by atoms with Crippen LogP contribution in [0.2, 0.25) is 0 Å². The molecule has 5 aromatic rings. The SMILES string of the molecule is O=C(O)CCC(=O)NCC(=O)NCCCCCCn1ncc2cc(-c3cc(-c4ccc(NC(=O)N5Cc6ccncc6C5)cc4)nn(CC(F)(F)F)c3=O)ccc21. The topological polar surface area (TPSA) is 193 Å². The van der Waals surface area contributed by atoms with Gasteiger partial charge in [-0.05, 0) is 65.9 Å². The summed E-state index contributed by atoms with van der Waals surface area (Å²) in [5.74, 6) is -1.95. The molecule has 298 valence electrons. The summed E-state index contributed by atoms with van der Waals surface area (Å²) in [6.45, 7) is 0.0901. The van der Waals surface area contributed by atoms with Gasteiger partial charge in [0, 0.05) is 61.6 Å². The van der Waals surface area contributed by atoms with Gasteiger partial charge in [0.2, 0.25) is 11.8 Å². The molecule has 15 nitrogen and oxygen atoms in total. The van der Waals surface area contributed by atoms with Gasteiger partial charge < -0.3 is 26.0 Å². The maximum Gasteiger partial charge on any atom is 0.408 e. The van der Waals surface area contributed by atoms with E-state index in [0.717, 1.165) is 42.3 Å². The Labute approximate surface area is 323 Å². The highest BCUT2D eigenvalue weighted by atomic mass is 19.4. The van der Waals surface area contributed by atoms with Gasteiger partial charge in [0.1, 0.15) is 6.54 Å². The van der Waals surface area contributed by atoms with Crippen LogP contribution in [0.4, 0.5) is 23.7 Å². The van der Waals surface area contributed by atoms with Gasteiger partial charge in [0.25, 0.3) is 5.56 Å². The number of hydrogen-bond acceptors (Lipinski definition) is 8. The van der Waals surface area contributed by atoms with E-state index in [2.05, 4.69) is 31.1 Å². The van der Waals surface area contributed by atoms with Crippen LogP contribution in [0.3, 0.4) is 0 Å². The number of pyridine rings is 1. The number of aliphatic carboxylic acids is 1. The average Bonchev–Trinajstić information content (AvgIpc) is 3.81. The molecule has 4 amide bonds. The fourth-order valence-electron chi connectivity index (χ4n) is 6.41. The van der Waals surface area contributed by atoms with Crippen molar-refractivity contribution in [3.8, 4) is 22.4 Å². The molecular weight excluding hydrogens is 747 g/mol. The van der Waals surface area contributed by atoms with Crippen molar-refractivity contribution in [1.29, 1.82) is 0 Å². The number of alkyl halides is 3. The lowest BCUT2D eigenvalue weighted by atomic mass is 10.0. The van der Waals surface area contributed by atoms with Gasteiger partial charge >= 0.3 is 18.2 Å². The van der Waals surface area contributed by atoms with Crippen molar-refractivity contribution in [2.75, 3.05) is 18.4 Å². The van der Waals surface area contributed by atoms with E-state index in [0.29, 0.717) is 53.1 Å². The van der Waals surface area contributed by atoms with E-state index in [9.17, 15) is 37.1 Å². The summed E-state index contributed by atoms with van der Waals surface area (Å²) < 4.78 is 43.0. The zero-order valence-corrected chi connectivity index (χ0v) is 30.7. The molecule has 0 bridgehead atoms. The van der Waals surface area contributed by atoms with Gasteiger partial charge in [-0.25, -0.2) is 9.48 Å². The molecule has 4 N–H and O–H groups in total. The highest BCUT2D eigenvalue weighted by Crippen LogP contribution is 2.28. The molecule has 0 spiro atoms. The fraction of sp³-hybridized carbons (Fsp3) is 0.333. The Kier molecular flexibility index (Phi) is 12.6. The summed E-state index contributed by atoms with van der Waals surface area (Å²) in [5.41, 5.74) is 3.38. The van der Waals surface area contributed by atoms with E-state index in [1.165, 1.54) is 6.07 Å². The van der Waals surface area contributed by atoms with E-state index in [-0.39, 0.29) is 42.6 Å². The zero-order valence-electron chi connectivity index (χ0n) is 30.7. The summed E-state index contributed by atoms with van der Waals surface area (Å²) in [6, 6.07) is 14.6. The quantitative estimate of drug-likeness (QED) is 0.0987. The Morgan fingerprint density at radius 3 is 2.32 bits per heavy atom. The number of unbranched alkanes of at least 4 members (excludes halogenated alkanes) is 3. The monoisotopic (exact) mass is 787 g/mol. The smallest absolute Gasteiger partial charge is 0.408 e. The van der Waals surface area contributed by atoms with Crippen molar-refractivity contribution < 1.29 is 37.5 Å². The maximum absolute atomic E-state index is 13.6. The van der Waals surface area contributed by atoms with Gasteiger partial charge in [-0.3, -0.25) is 28.8 Å². The largest absolute Gasteiger partial charge is 0.481 e. The minimum absolute atomic E-state index is 0.0343. The molecule has 0 saturated heterocycles. The number of aryl methyl sites for hydroxylation is 1. The van der Waals surface area contributed by atoms with Crippen molar-refractivity contribution >= 4 is 40.4 Å². The van der Waals surface area contributed by atoms with E-state index in [4.69, 9.17) is 5.11 Å². The number of aromatic nitrogens is 5. The third-order valence-corrected chi connectivity index (χ3v) is 9.33. The summed E-state index contributed by atoms with van der Waals surface area (Å²) in [4.78, 5) is 66.1. The Hall–Kier alpha value is -6.59. The third kappa shape index (κ3) is 10.8. The number of fused-ring (bicyclic) bond motifs is 2. The first-order valence-corrected chi connectivity index (χ1v) is 18.3. The van der Waals surface area contributed by atoms with Gasteiger partial charge in [-0.15, -0.1) is 0 Å². The Morgan fingerprint density at radius 1 is 0.807 bits per heavy atom. The predicted octanol–water partition coefficient (Wildman–Crippen LogP) is 5.09. The van der Waals surface area contributed by atoms with E-state index in [1.54, 1.807) is 66.0 Å². The Bertz CT molecular complexity index is 2300. The van der Waals surface area contributed by atoms with Gasteiger partial charge in [-0.1, -0.05) is 31.0 Å². The van der Waals surface area contributed by atoms with Crippen LogP contribution in [0.15, 0.2) is 78.0 Å². The maximum atomic E-state index is 13.6. The normalized spacial score (nSPS) is 12.4. The standard InChI is InChI=1S/C39H40F3N9O6/c40-39(41,42)24-51-37(56)31(18-32(48-51)25-5-8-30(9-6-25)47-38(57)49-22-27-13-15-43-19-29(27)23-49)26-7-10-33-28(17-26)20-46-50(33)16-4-2-1-3-14-44-35(53)21-45-34(52)11-12-36(54)55/h5-10,13,15,17-20H,1-4,11-12,14,16,21-24H2,(H,44,53)(H,45,52)(H,47,57)(H,54,55). The third-order valence-electron chi connectivity index (χ3n) is 9.33. The van der Waals surface area contributed by atoms with Crippen LogP contribution in [0.5, 0.6) is 0 Å². The molecule has 0 unspecified atom stereocenters. The highest BCUT2D eigenvalue weighted by Gasteiger charge is 2.30. The molecular formula is C39H40F3N9O6. The number of carbonyl (C=O) groups excluding carboxylic acids is 3. The average molecular weight is 788 g/mol. The fourth-order valence-corrected chi connectivity index (χ4v) is 6.41. The van der Waals surface area contributed by atoms with Crippen molar-refractivity contribution in [2.45, 2.75) is 70.9 Å². The molecule has 6 rings (SSSR count). The lowest BCUT2D eigenvalue weighted by Crippen LogP contribution is -2.37. The van der Waals surface area contributed by atoms with Crippen LogP contribution < -0.4 is 21.5 Å². The molecule has 0 atom stereocenters. The highest BCUT2D eigenvalue weighted by molar-refractivity contribution is 5.90. The number of rotatable bonds is 16. The molecule has 4 heterocycles. The van der Waals surface area contributed by atoms with E-state index >= 15 is 0 Å². The molecule has 2 aromatic carbocycles. The van der Waals surface area contributed by atoms with Crippen molar-refractivity contribution in [3.05, 3.63) is 94.7 Å². The first-order chi connectivity index (χ1) is 27.3. The summed E-state index contributed by atoms with van der Waals surface area (Å²) >= 11 is 0. The van der Waals surface area contributed by atoms with Gasteiger partial charge in [-0.2, -0.15) is 23.4 Å². The van der Waals surface area contributed by atoms with Crippen LogP contribution in [-0.4, -0.2) is 77.6 Å².